The number of rotatable bonds is 3. The highest BCUT2D eigenvalue weighted by Gasteiger charge is 2.38. The molecular weight excluding hydrogens is 383 g/mol. The Morgan fingerprint density at radius 1 is 1.07 bits per heavy atom. The molecule has 0 amide bonds. The lowest BCUT2D eigenvalue weighted by molar-refractivity contribution is -0.142. The zero-order valence-electron chi connectivity index (χ0n) is 15.9. The third-order valence-electron chi connectivity index (χ3n) is 5.16. The first-order valence-electron chi connectivity index (χ1n) is 9.50. The molecule has 4 rings (SSSR count). The highest BCUT2D eigenvalue weighted by molar-refractivity contribution is 7.99. The normalized spacial score (nSPS) is 18.2. The van der Waals surface area contributed by atoms with Crippen molar-refractivity contribution in [3.05, 3.63) is 52.3 Å². The first-order valence-corrected chi connectivity index (χ1v) is 10.5. The number of aliphatic imine (C=N–C) groups is 1. The number of hydrogen-bond donors (Lipinski definition) is 0. The first-order chi connectivity index (χ1) is 13.2. The summed E-state index contributed by atoms with van der Waals surface area (Å²) in [4.78, 5) is 13.2. The summed E-state index contributed by atoms with van der Waals surface area (Å²) in [6.45, 7) is 4.15. The molecule has 0 saturated heterocycles. The zero-order valence-corrected chi connectivity index (χ0v) is 16.8. The van der Waals surface area contributed by atoms with Gasteiger partial charge in [-0.15, -0.1) is 0 Å². The van der Waals surface area contributed by atoms with Crippen molar-refractivity contribution in [3.63, 3.8) is 0 Å². The first kappa shape index (κ1) is 19.4. The van der Waals surface area contributed by atoms with E-state index in [4.69, 9.17) is 4.99 Å². The van der Waals surface area contributed by atoms with Crippen molar-refractivity contribution in [2.24, 2.45) is 4.99 Å². The Morgan fingerprint density at radius 2 is 1.82 bits per heavy atom. The molecule has 1 aliphatic carbocycles. The lowest BCUT2D eigenvalue weighted by atomic mass is 9.87. The van der Waals surface area contributed by atoms with Gasteiger partial charge in [-0.05, 0) is 57.1 Å². The molecule has 1 aromatic carbocycles. The van der Waals surface area contributed by atoms with Gasteiger partial charge >= 0.3 is 6.18 Å². The molecule has 0 saturated carbocycles. The smallest absolute Gasteiger partial charge is 0.282 e. The van der Waals surface area contributed by atoms with Crippen LogP contribution in [0.15, 0.2) is 34.4 Å². The number of alkyl halides is 3. The molecule has 0 fully saturated rings. The molecule has 2 aromatic rings. The summed E-state index contributed by atoms with van der Waals surface area (Å²) in [5.74, 6) is 0.455. The minimum absolute atomic E-state index is 0.191. The van der Waals surface area contributed by atoms with Crippen LogP contribution >= 0.6 is 11.8 Å². The molecule has 0 N–H and O–H groups in total. The molecule has 28 heavy (non-hydrogen) atoms. The van der Waals surface area contributed by atoms with E-state index < -0.39 is 11.9 Å². The molecule has 0 atom stereocenters. The van der Waals surface area contributed by atoms with Crippen LogP contribution in [0.5, 0.6) is 0 Å². The number of thioether (sulfide) groups is 1. The van der Waals surface area contributed by atoms with E-state index in [1.54, 1.807) is 0 Å². The summed E-state index contributed by atoms with van der Waals surface area (Å²) < 4.78 is 40.6. The molecule has 1 aliphatic heterocycles. The van der Waals surface area contributed by atoms with E-state index in [1.807, 2.05) is 18.2 Å². The van der Waals surface area contributed by atoms with Crippen LogP contribution in [0.1, 0.15) is 54.8 Å². The van der Waals surface area contributed by atoms with Crippen LogP contribution in [0, 0.1) is 0 Å². The van der Waals surface area contributed by atoms with Crippen LogP contribution < -0.4 is 0 Å². The Labute approximate surface area is 166 Å². The molecule has 0 radical (unpaired) electrons. The molecular formula is C21H22F3N3S. The second kappa shape index (κ2) is 7.17. The molecule has 3 nitrogen and oxygen atoms in total. The molecule has 148 valence electrons. The summed E-state index contributed by atoms with van der Waals surface area (Å²) in [5, 5.41) is 0.191. The molecule has 0 spiro atoms. The minimum Gasteiger partial charge on any atom is -0.282 e. The van der Waals surface area contributed by atoms with Crippen LogP contribution in [0.25, 0.3) is 0 Å². The van der Waals surface area contributed by atoms with Crippen molar-refractivity contribution in [2.45, 2.75) is 62.8 Å². The Balaban J connectivity index is 1.64. The maximum atomic E-state index is 13.5. The third kappa shape index (κ3) is 3.95. The maximum absolute atomic E-state index is 13.5. The summed E-state index contributed by atoms with van der Waals surface area (Å²) in [6, 6.07) is 8.09. The number of nitrogens with zero attached hydrogens (tertiary/aromatic N) is 3. The van der Waals surface area contributed by atoms with Crippen LogP contribution in [-0.4, -0.2) is 27.0 Å². The topological polar surface area (TPSA) is 38.1 Å². The third-order valence-corrected chi connectivity index (χ3v) is 6.02. The number of aromatic nitrogens is 2. The number of halogens is 3. The predicted octanol–water partition coefficient (Wildman–Crippen LogP) is 5.29. The quantitative estimate of drug-likeness (QED) is 0.514. The molecule has 7 heteroatoms. The van der Waals surface area contributed by atoms with Gasteiger partial charge in [0.1, 0.15) is 0 Å². The SMILES string of the molecule is CC1(C)Cc2ccccc2C(CSc2nc3c(c(C(F)(F)F)n2)CCCC3)=N1. The second-order valence-corrected chi connectivity index (χ2v) is 8.92. The van der Waals surface area contributed by atoms with Crippen molar-refractivity contribution in [2.75, 3.05) is 5.75 Å². The molecule has 1 aromatic heterocycles. The number of hydrogen-bond acceptors (Lipinski definition) is 4. The Morgan fingerprint density at radius 3 is 2.61 bits per heavy atom. The van der Waals surface area contributed by atoms with Gasteiger partial charge in [0.25, 0.3) is 0 Å². The fraction of sp³-hybridized carbons (Fsp3) is 0.476. The Hall–Kier alpha value is -1.89. The number of benzene rings is 1. The van der Waals surface area contributed by atoms with Crippen molar-refractivity contribution in [3.8, 4) is 0 Å². The van der Waals surface area contributed by atoms with Gasteiger partial charge in [0.05, 0.1) is 11.3 Å². The number of fused-ring (bicyclic) bond motifs is 2. The average Bonchev–Trinajstić information content (AvgIpc) is 2.63. The van der Waals surface area contributed by atoms with E-state index in [-0.39, 0.29) is 16.3 Å². The second-order valence-electron chi connectivity index (χ2n) is 7.98. The summed E-state index contributed by atoms with van der Waals surface area (Å²) >= 11 is 1.24. The van der Waals surface area contributed by atoms with Gasteiger partial charge < -0.3 is 0 Å². The predicted molar refractivity (Wildman–Crippen MR) is 105 cm³/mol. The van der Waals surface area contributed by atoms with Gasteiger partial charge in [0.2, 0.25) is 0 Å². The average molecular weight is 405 g/mol. The van der Waals surface area contributed by atoms with Gasteiger partial charge in [0, 0.05) is 17.0 Å². The molecule has 0 unspecified atom stereocenters. The van der Waals surface area contributed by atoms with Crippen molar-refractivity contribution >= 4 is 17.5 Å². The van der Waals surface area contributed by atoms with Gasteiger partial charge in [-0.1, -0.05) is 36.0 Å². The lowest BCUT2D eigenvalue weighted by Gasteiger charge is -2.29. The van der Waals surface area contributed by atoms with Crippen LogP contribution in [0.3, 0.4) is 0 Å². The van der Waals surface area contributed by atoms with Crippen molar-refractivity contribution < 1.29 is 13.2 Å². The largest absolute Gasteiger partial charge is 0.433 e. The fourth-order valence-corrected chi connectivity index (χ4v) is 4.82. The fourth-order valence-electron chi connectivity index (χ4n) is 4.00. The van der Waals surface area contributed by atoms with Gasteiger partial charge in [-0.3, -0.25) is 4.99 Å². The van der Waals surface area contributed by atoms with Gasteiger partial charge in [0.15, 0.2) is 10.9 Å². The van der Waals surface area contributed by atoms with E-state index >= 15 is 0 Å². The standard InChI is InChI=1S/C21H22F3N3S/c1-20(2)11-13-7-3-4-8-14(13)17(27-20)12-28-19-25-16-10-6-5-9-15(16)18(26-19)21(22,23)24/h3-4,7-8H,5-6,9-12H2,1-2H3. The maximum Gasteiger partial charge on any atom is 0.433 e. The van der Waals surface area contributed by atoms with Gasteiger partial charge in [-0.25, -0.2) is 9.97 Å². The molecule has 2 heterocycles. The van der Waals surface area contributed by atoms with E-state index in [1.165, 1.54) is 17.3 Å². The van der Waals surface area contributed by atoms with E-state index in [0.29, 0.717) is 24.3 Å². The van der Waals surface area contributed by atoms with Crippen molar-refractivity contribution in [1.29, 1.82) is 0 Å². The zero-order chi connectivity index (χ0) is 19.9. The minimum atomic E-state index is -4.45. The summed E-state index contributed by atoms with van der Waals surface area (Å²) in [5.41, 5.74) is 3.05. The van der Waals surface area contributed by atoms with Crippen LogP contribution in [0.4, 0.5) is 13.2 Å². The summed E-state index contributed by atoms with van der Waals surface area (Å²) in [6.07, 6.45) is -0.968. The van der Waals surface area contributed by atoms with E-state index in [9.17, 15) is 13.2 Å². The number of aryl methyl sites for hydroxylation is 1. The van der Waals surface area contributed by atoms with Gasteiger partial charge in [-0.2, -0.15) is 13.2 Å². The highest BCUT2D eigenvalue weighted by Crippen LogP contribution is 2.36. The lowest BCUT2D eigenvalue weighted by Crippen LogP contribution is -2.29. The van der Waals surface area contributed by atoms with E-state index in [0.717, 1.165) is 30.5 Å². The molecule has 0 bridgehead atoms. The highest BCUT2D eigenvalue weighted by atomic mass is 32.2. The Kier molecular flexibility index (Phi) is 4.98. The Bertz CT molecular complexity index is 935. The van der Waals surface area contributed by atoms with E-state index in [2.05, 4.69) is 29.9 Å². The summed E-state index contributed by atoms with van der Waals surface area (Å²) in [7, 11) is 0. The van der Waals surface area contributed by atoms with Crippen LogP contribution in [-0.2, 0) is 25.4 Å². The molecule has 2 aliphatic rings. The van der Waals surface area contributed by atoms with Crippen molar-refractivity contribution in [1.82, 2.24) is 9.97 Å². The monoisotopic (exact) mass is 405 g/mol. The van der Waals surface area contributed by atoms with Crippen LogP contribution in [0.2, 0.25) is 0 Å².